The van der Waals surface area contributed by atoms with Crippen molar-refractivity contribution < 1.29 is 13.2 Å². The van der Waals surface area contributed by atoms with E-state index in [1.807, 2.05) is 32.0 Å². The summed E-state index contributed by atoms with van der Waals surface area (Å²) in [6, 6.07) is 13.3. The van der Waals surface area contributed by atoms with Gasteiger partial charge in [0.1, 0.15) is 0 Å². The molecule has 7 heteroatoms. The van der Waals surface area contributed by atoms with Crippen LogP contribution >= 0.6 is 0 Å². The van der Waals surface area contributed by atoms with Gasteiger partial charge in [0.05, 0.1) is 10.9 Å². The molecule has 0 saturated carbocycles. The third-order valence-electron chi connectivity index (χ3n) is 4.81. The molecule has 1 atom stereocenters. The number of hydrogen-bond acceptors (Lipinski definition) is 4. The maximum atomic E-state index is 12.9. The molecule has 144 valence electrons. The molecule has 0 unspecified atom stereocenters. The van der Waals surface area contributed by atoms with Crippen LogP contribution < -0.4 is 15.4 Å². The zero-order chi connectivity index (χ0) is 19.6. The quantitative estimate of drug-likeness (QED) is 0.745. The standard InChI is InChI=1S/C20H25N3O3S/c1-14(2)20(17-6-3-4-7-18(17)21)22-27(25,26)16-11-9-15(10-12-16)23-13-5-8-19(23)24/h3-4,6-7,9-12,14,20,22H,5,8,13,21H2,1-2H3/t20-/m1/s1. The fourth-order valence-corrected chi connectivity index (χ4v) is 4.68. The van der Waals surface area contributed by atoms with Crippen LogP contribution in [0.4, 0.5) is 11.4 Å². The first-order valence-electron chi connectivity index (χ1n) is 9.07. The number of anilines is 2. The Bertz CT molecular complexity index is 924. The monoisotopic (exact) mass is 387 g/mol. The number of sulfonamides is 1. The summed E-state index contributed by atoms with van der Waals surface area (Å²) in [7, 11) is -3.73. The molecule has 0 radical (unpaired) electrons. The van der Waals surface area contributed by atoms with Crippen molar-refractivity contribution in [2.75, 3.05) is 17.2 Å². The molecular weight excluding hydrogens is 362 g/mol. The summed E-state index contributed by atoms with van der Waals surface area (Å²) in [6.45, 7) is 4.56. The van der Waals surface area contributed by atoms with Crippen LogP contribution in [0.2, 0.25) is 0 Å². The van der Waals surface area contributed by atoms with E-state index >= 15 is 0 Å². The molecule has 1 aliphatic rings. The van der Waals surface area contributed by atoms with E-state index in [0.717, 1.165) is 17.7 Å². The van der Waals surface area contributed by atoms with Crippen LogP contribution in [0.1, 0.15) is 38.3 Å². The minimum absolute atomic E-state index is 0.0194. The molecule has 3 N–H and O–H groups in total. The highest BCUT2D eigenvalue weighted by atomic mass is 32.2. The van der Waals surface area contributed by atoms with E-state index < -0.39 is 16.1 Å². The van der Waals surface area contributed by atoms with Gasteiger partial charge in [0.15, 0.2) is 0 Å². The topological polar surface area (TPSA) is 92.5 Å². The van der Waals surface area contributed by atoms with E-state index in [4.69, 9.17) is 5.73 Å². The lowest BCUT2D eigenvalue weighted by atomic mass is 9.96. The smallest absolute Gasteiger partial charge is 0.241 e. The molecule has 1 saturated heterocycles. The Balaban J connectivity index is 1.84. The number of nitrogen functional groups attached to an aromatic ring is 1. The largest absolute Gasteiger partial charge is 0.398 e. The third kappa shape index (κ3) is 4.14. The van der Waals surface area contributed by atoms with Gasteiger partial charge in [0, 0.05) is 24.3 Å². The van der Waals surface area contributed by atoms with Crippen LogP contribution in [0, 0.1) is 5.92 Å². The Labute approximate surface area is 160 Å². The molecule has 6 nitrogen and oxygen atoms in total. The van der Waals surface area contributed by atoms with Gasteiger partial charge >= 0.3 is 0 Å². The molecule has 2 aromatic carbocycles. The lowest BCUT2D eigenvalue weighted by Gasteiger charge is -2.24. The molecule has 1 heterocycles. The first kappa shape index (κ1) is 19.4. The molecule has 1 fully saturated rings. The Hall–Kier alpha value is -2.38. The van der Waals surface area contributed by atoms with Crippen molar-refractivity contribution >= 4 is 27.3 Å². The first-order valence-corrected chi connectivity index (χ1v) is 10.5. The number of rotatable bonds is 6. The summed E-state index contributed by atoms with van der Waals surface area (Å²) in [6.07, 6.45) is 1.37. The molecule has 0 spiro atoms. The van der Waals surface area contributed by atoms with E-state index in [-0.39, 0.29) is 16.7 Å². The summed E-state index contributed by atoms with van der Waals surface area (Å²) in [5.74, 6) is 0.0918. The van der Waals surface area contributed by atoms with Gasteiger partial charge in [-0.15, -0.1) is 0 Å². The van der Waals surface area contributed by atoms with Gasteiger partial charge < -0.3 is 10.6 Å². The third-order valence-corrected chi connectivity index (χ3v) is 6.27. The van der Waals surface area contributed by atoms with Gasteiger partial charge in [-0.2, -0.15) is 0 Å². The maximum Gasteiger partial charge on any atom is 0.241 e. The number of carbonyl (C=O) groups excluding carboxylic acids is 1. The fraction of sp³-hybridized carbons (Fsp3) is 0.350. The Morgan fingerprint density at radius 1 is 1.07 bits per heavy atom. The van der Waals surface area contributed by atoms with E-state index in [0.29, 0.717) is 18.7 Å². The Morgan fingerprint density at radius 3 is 2.30 bits per heavy atom. The minimum atomic E-state index is -3.73. The molecule has 0 bridgehead atoms. The number of nitrogens with zero attached hydrogens (tertiary/aromatic N) is 1. The van der Waals surface area contributed by atoms with Crippen molar-refractivity contribution in [2.24, 2.45) is 5.92 Å². The average molecular weight is 388 g/mol. The van der Waals surface area contributed by atoms with E-state index in [1.54, 1.807) is 23.1 Å². The summed E-state index contributed by atoms with van der Waals surface area (Å²) < 4.78 is 28.6. The first-order chi connectivity index (χ1) is 12.8. The minimum Gasteiger partial charge on any atom is -0.398 e. The summed E-state index contributed by atoms with van der Waals surface area (Å²) >= 11 is 0. The predicted molar refractivity (Wildman–Crippen MR) is 107 cm³/mol. The summed E-state index contributed by atoms with van der Waals surface area (Å²) in [4.78, 5) is 13.7. The molecule has 3 rings (SSSR count). The fourth-order valence-electron chi connectivity index (χ4n) is 3.31. The number of para-hydroxylation sites is 1. The number of benzene rings is 2. The van der Waals surface area contributed by atoms with Gasteiger partial charge in [-0.1, -0.05) is 32.0 Å². The van der Waals surface area contributed by atoms with Crippen LogP contribution in [-0.4, -0.2) is 20.9 Å². The van der Waals surface area contributed by atoms with Crippen molar-refractivity contribution in [1.29, 1.82) is 0 Å². The zero-order valence-electron chi connectivity index (χ0n) is 15.6. The van der Waals surface area contributed by atoms with Crippen LogP contribution in [-0.2, 0) is 14.8 Å². The number of nitrogens with two attached hydrogens (primary N) is 1. The molecule has 0 aliphatic carbocycles. The normalized spacial score (nSPS) is 16.1. The Kier molecular flexibility index (Phi) is 5.53. The average Bonchev–Trinajstić information content (AvgIpc) is 3.06. The SMILES string of the molecule is CC(C)[C@@H](NS(=O)(=O)c1ccc(N2CCCC2=O)cc1)c1ccccc1N. The van der Waals surface area contributed by atoms with E-state index in [2.05, 4.69) is 4.72 Å². The van der Waals surface area contributed by atoms with Gasteiger partial charge in [-0.25, -0.2) is 13.1 Å². The summed E-state index contributed by atoms with van der Waals surface area (Å²) in [5.41, 5.74) is 8.09. The number of carbonyl (C=O) groups is 1. The van der Waals surface area contributed by atoms with Gasteiger partial charge in [-0.3, -0.25) is 4.79 Å². The molecule has 1 amide bonds. The van der Waals surface area contributed by atoms with Crippen molar-refractivity contribution in [1.82, 2.24) is 4.72 Å². The highest BCUT2D eigenvalue weighted by molar-refractivity contribution is 7.89. The van der Waals surface area contributed by atoms with Crippen molar-refractivity contribution in [3.63, 3.8) is 0 Å². The molecule has 0 aromatic heterocycles. The second kappa shape index (κ2) is 7.70. The number of amides is 1. The lowest BCUT2D eigenvalue weighted by Crippen LogP contribution is -2.32. The van der Waals surface area contributed by atoms with E-state index in [1.165, 1.54) is 12.1 Å². The molecule has 1 aliphatic heterocycles. The second-order valence-corrected chi connectivity index (χ2v) is 8.83. The number of nitrogens with one attached hydrogen (secondary N) is 1. The maximum absolute atomic E-state index is 12.9. The van der Waals surface area contributed by atoms with Gasteiger partial charge in [0.2, 0.25) is 15.9 Å². The second-order valence-electron chi connectivity index (χ2n) is 7.11. The van der Waals surface area contributed by atoms with Crippen LogP contribution in [0.3, 0.4) is 0 Å². The van der Waals surface area contributed by atoms with Gasteiger partial charge in [-0.05, 0) is 48.2 Å². The van der Waals surface area contributed by atoms with Crippen molar-refractivity contribution in [2.45, 2.75) is 37.6 Å². The Morgan fingerprint density at radius 2 is 1.74 bits per heavy atom. The van der Waals surface area contributed by atoms with Crippen LogP contribution in [0.15, 0.2) is 53.4 Å². The molecular formula is C20H25N3O3S. The van der Waals surface area contributed by atoms with Crippen LogP contribution in [0.25, 0.3) is 0 Å². The lowest BCUT2D eigenvalue weighted by molar-refractivity contribution is -0.117. The van der Waals surface area contributed by atoms with Gasteiger partial charge in [0.25, 0.3) is 0 Å². The summed E-state index contributed by atoms with van der Waals surface area (Å²) in [5, 5.41) is 0. The predicted octanol–water partition coefficient (Wildman–Crippen LogP) is 3.07. The zero-order valence-corrected chi connectivity index (χ0v) is 16.4. The van der Waals surface area contributed by atoms with Crippen LogP contribution in [0.5, 0.6) is 0 Å². The van der Waals surface area contributed by atoms with E-state index in [9.17, 15) is 13.2 Å². The highest BCUT2D eigenvalue weighted by Gasteiger charge is 2.26. The highest BCUT2D eigenvalue weighted by Crippen LogP contribution is 2.29. The molecule has 2 aromatic rings. The number of hydrogen-bond donors (Lipinski definition) is 2. The molecule has 27 heavy (non-hydrogen) atoms. The van der Waals surface area contributed by atoms with Crippen molar-refractivity contribution in [3.8, 4) is 0 Å². The van der Waals surface area contributed by atoms with Crippen molar-refractivity contribution in [3.05, 3.63) is 54.1 Å².